The van der Waals surface area contributed by atoms with Crippen molar-refractivity contribution in [2.45, 2.75) is 0 Å². The van der Waals surface area contributed by atoms with Crippen molar-refractivity contribution in [3.8, 4) is 16.9 Å². The normalized spacial score (nSPS) is 10.3. The van der Waals surface area contributed by atoms with E-state index in [1.165, 1.54) is 18.3 Å². The Hall–Kier alpha value is -2.63. The SMILES string of the molecule is Nc1ncc(-c2ccc(F)cc2O)cc1C(=O)O. The third-order valence-electron chi connectivity index (χ3n) is 2.42. The highest BCUT2D eigenvalue weighted by Crippen LogP contribution is 2.30. The Morgan fingerprint density at radius 3 is 2.67 bits per heavy atom. The van der Waals surface area contributed by atoms with Crippen molar-refractivity contribution in [3.63, 3.8) is 0 Å². The molecular weight excluding hydrogens is 239 g/mol. The van der Waals surface area contributed by atoms with E-state index in [4.69, 9.17) is 10.8 Å². The molecule has 0 fully saturated rings. The van der Waals surface area contributed by atoms with Gasteiger partial charge in [-0.05, 0) is 18.2 Å². The average Bonchev–Trinajstić information content (AvgIpc) is 2.30. The summed E-state index contributed by atoms with van der Waals surface area (Å²) in [5, 5.41) is 18.5. The summed E-state index contributed by atoms with van der Waals surface area (Å²) in [5.41, 5.74) is 5.88. The van der Waals surface area contributed by atoms with E-state index in [0.29, 0.717) is 5.56 Å². The highest BCUT2D eigenvalue weighted by atomic mass is 19.1. The Labute approximate surface area is 101 Å². The fourth-order valence-electron chi connectivity index (χ4n) is 1.54. The number of nitrogens with two attached hydrogens (primary N) is 1. The van der Waals surface area contributed by atoms with Gasteiger partial charge in [-0.3, -0.25) is 0 Å². The molecule has 0 aliphatic rings. The van der Waals surface area contributed by atoms with Gasteiger partial charge in [0.25, 0.3) is 0 Å². The number of pyridine rings is 1. The summed E-state index contributed by atoms with van der Waals surface area (Å²) < 4.78 is 12.8. The third kappa shape index (κ3) is 2.08. The molecule has 1 heterocycles. The number of rotatable bonds is 2. The van der Waals surface area contributed by atoms with Gasteiger partial charge in [0.1, 0.15) is 22.9 Å². The van der Waals surface area contributed by atoms with Crippen LogP contribution < -0.4 is 5.73 Å². The number of halogens is 1. The van der Waals surface area contributed by atoms with Gasteiger partial charge in [0, 0.05) is 23.4 Å². The first kappa shape index (κ1) is 11.8. The number of aromatic hydroxyl groups is 1. The number of aromatic carboxylic acids is 1. The lowest BCUT2D eigenvalue weighted by molar-refractivity contribution is 0.0697. The molecule has 4 N–H and O–H groups in total. The van der Waals surface area contributed by atoms with E-state index in [1.807, 2.05) is 0 Å². The zero-order valence-electron chi connectivity index (χ0n) is 9.09. The fraction of sp³-hybridized carbons (Fsp3) is 0. The van der Waals surface area contributed by atoms with Crippen LogP contribution in [0, 0.1) is 5.82 Å². The van der Waals surface area contributed by atoms with Crippen LogP contribution in [0.15, 0.2) is 30.5 Å². The summed E-state index contributed by atoms with van der Waals surface area (Å²) in [7, 11) is 0. The molecule has 18 heavy (non-hydrogen) atoms. The van der Waals surface area contributed by atoms with E-state index < -0.39 is 11.8 Å². The van der Waals surface area contributed by atoms with Crippen molar-refractivity contribution >= 4 is 11.8 Å². The number of aromatic nitrogens is 1. The van der Waals surface area contributed by atoms with Crippen LogP contribution in [-0.4, -0.2) is 21.2 Å². The second-order valence-corrected chi connectivity index (χ2v) is 3.62. The largest absolute Gasteiger partial charge is 0.507 e. The van der Waals surface area contributed by atoms with E-state index in [0.717, 1.165) is 12.1 Å². The Morgan fingerprint density at radius 1 is 1.33 bits per heavy atom. The number of nitrogen functional groups attached to an aromatic ring is 1. The van der Waals surface area contributed by atoms with Gasteiger partial charge in [0.15, 0.2) is 0 Å². The standard InChI is InChI=1S/C12H9FN2O3/c13-7-1-2-8(10(16)4-7)6-3-9(12(17)18)11(14)15-5-6/h1-5,16H,(H2,14,15)(H,17,18). The summed E-state index contributed by atoms with van der Waals surface area (Å²) in [6.07, 6.45) is 1.31. The number of phenolic OH excluding ortho intramolecular Hbond substituents is 1. The number of carboxylic acids is 1. The zero-order chi connectivity index (χ0) is 13.3. The number of anilines is 1. The van der Waals surface area contributed by atoms with Gasteiger partial charge >= 0.3 is 5.97 Å². The third-order valence-corrected chi connectivity index (χ3v) is 2.42. The van der Waals surface area contributed by atoms with Crippen molar-refractivity contribution in [1.29, 1.82) is 0 Å². The van der Waals surface area contributed by atoms with E-state index in [9.17, 15) is 14.3 Å². The van der Waals surface area contributed by atoms with Gasteiger partial charge < -0.3 is 15.9 Å². The highest BCUT2D eigenvalue weighted by molar-refractivity contribution is 5.94. The number of phenols is 1. The number of nitrogens with zero attached hydrogens (tertiary/aromatic N) is 1. The molecule has 0 amide bonds. The Bertz CT molecular complexity index is 629. The van der Waals surface area contributed by atoms with E-state index >= 15 is 0 Å². The lowest BCUT2D eigenvalue weighted by Crippen LogP contribution is -2.04. The maximum absolute atomic E-state index is 12.8. The van der Waals surface area contributed by atoms with Crippen LogP contribution in [-0.2, 0) is 0 Å². The predicted molar refractivity (Wildman–Crippen MR) is 62.7 cm³/mol. The van der Waals surface area contributed by atoms with Crippen molar-refractivity contribution in [2.75, 3.05) is 5.73 Å². The summed E-state index contributed by atoms with van der Waals surface area (Å²) >= 11 is 0. The molecule has 0 spiro atoms. The Balaban J connectivity index is 2.58. The molecule has 1 aromatic carbocycles. The van der Waals surface area contributed by atoms with Crippen molar-refractivity contribution in [3.05, 3.63) is 41.8 Å². The molecule has 0 bridgehead atoms. The van der Waals surface area contributed by atoms with Gasteiger partial charge in [-0.15, -0.1) is 0 Å². The molecular formula is C12H9FN2O3. The van der Waals surface area contributed by atoms with E-state index in [-0.39, 0.29) is 22.7 Å². The quantitative estimate of drug-likeness (QED) is 0.753. The first-order chi connectivity index (χ1) is 8.49. The lowest BCUT2D eigenvalue weighted by Gasteiger charge is -2.07. The Morgan fingerprint density at radius 2 is 2.06 bits per heavy atom. The molecule has 0 aliphatic carbocycles. The van der Waals surface area contributed by atoms with Crippen molar-refractivity contribution < 1.29 is 19.4 Å². The molecule has 0 radical (unpaired) electrons. The number of benzene rings is 1. The minimum absolute atomic E-state index is 0.118. The van der Waals surface area contributed by atoms with Crippen LogP contribution in [0.1, 0.15) is 10.4 Å². The van der Waals surface area contributed by atoms with Crippen LogP contribution in [0.3, 0.4) is 0 Å². The maximum atomic E-state index is 12.8. The molecule has 0 unspecified atom stereocenters. The van der Waals surface area contributed by atoms with Gasteiger partial charge in [-0.25, -0.2) is 14.2 Å². The van der Waals surface area contributed by atoms with Crippen LogP contribution in [0.4, 0.5) is 10.2 Å². The molecule has 0 atom stereocenters. The first-order valence-corrected chi connectivity index (χ1v) is 4.96. The molecule has 6 heteroatoms. The minimum Gasteiger partial charge on any atom is -0.507 e. The molecule has 0 saturated heterocycles. The number of carboxylic acid groups (broad SMARTS) is 1. The van der Waals surface area contributed by atoms with Gasteiger partial charge in [-0.2, -0.15) is 0 Å². The summed E-state index contributed by atoms with van der Waals surface area (Å²) in [4.78, 5) is 14.6. The summed E-state index contributed by atoms with van der Waals surface area (Å²) in [6, 6.07) is 4.71. The van der Waals surface area contributed by atoms with Crippen molar-refractivity contribution in [1.82, 2.24) is 4.98 Å². The van der Waals surface area contributed by atoms with E-state index in [2.05, 4.69) is 4.98 Å². The average molecular weight is 248 g/mol. The zero-order valence-corrected chi connectivity index (χ0v) is 9.09. The molecule has 0 aliphatic heterocycles. The number of hydrogen-bond donors (Lipinski definition) is 3. The topological polar surface area (TPSA) is 96.4 Å². The Kier molecular flexibility index (Phi) is 2.85. The van der Waals surface area contributed by atoms with Gasteiger partial charge in [0.2, 0.25) is 0 Å². The minimum atomic E-state index is -1.22. The molecule has 92 valence electrons. The molecule has 2 rings (SSSR count). The molecule has 2 aromatic rings. The monoisotopic (exact) mass is 248 g/mol. The van der Waals surface area contributed by atoms with Crippen LogP contribution in [0.2, 0.25) is 0 Å². The number of carbonyl (C=O) groups is 1. The van der Waals surface area contributed by atoms with E-state index in [1.54, 1.807) is 0 Å². The summed E-state index contributed by atoms with van der Waals surface area (Å²) in [6.45, 7) is 0. The second-order valence-electron chi connectivity index (χ2n) is 3.62. The number of hydrogen-bond acceptors (Lipinski definition) is 4. The van der Waals surface area contributed by atoms with Gasteiger partial charge in [0.05, 0.1) is 0 Å². The smallest absolute Gasteiger partial charge is 0.339 e. The van der Waals surface area contributed by atoms with Crippen molar-refractivity contribution in [2.24, 2.45) is 0 Å². The van der Waals surface area contributed by atoms with Crippen LogP contribution in [0.5, 0.6) is 5.75 Å². The predicted octanol–water partition coefficient (Wildman–Crippen LogP) is 1.87. The van der Waals surface area contributed by atoms with Gasteiger partial charge in [-0.1, -0.05) is 0 Å². The second kappa shape index (κ2) is 4.33. The van der Waals surface area contributed by atoms with Crippen LogP contribution in [0.25, 0.3) is 11.1 Å². The molecule has 5 nitrogen and oxygen atoms in total. The summed E-state index contributed by atoms with van der Waals surface area (Å²) in [5.74, 6) is -2.22. The highest BCUT2D eigenvalue weighted by Gasteiger charge is 2.13. The maximum Gasteiger partial charge on any atom is 0.339 e. The molecule has 1 aromatic heterocycles. The van der Waals surface area contributed by atoms with Crippen LogP contribution >= 0.6 is 0 Å². The molecule has 0 saturated carbocycles. The first-order valence-electron chi connectivity index (χ1n) is 4.96. The lowest BCUT2D eigenvalue weighted by atomic mass is 10.0. The fourth-order valence-corrected chi connectivity index (χ4v) is 1.54.